The molecule has 2 heteroatoms. The first-order valence-corrected chi connectivity index (χ1v) is 19.5. The summed E-state index contributed by atoms with van der Waals surface area (Å²) in [6, 6.07) is 0. The topological polar surface area (TPSA) is 0 Å². The molecule has 0 radical (unpaired) electrons. The third-order valence-corrected chi connectivity index (χ3v) is 14.7. The van der Waals surface area contributed by atoms with Gasteiger partial charge in [-0.25, -0.2) is 0 Å². The second-order valence-corrected chi connectivity index (χ2v) is 17.7. The van der Waals surface area contributed by atoms with Crippen LogP contribution in [-0.2, 0) is 0 Å². The molecule has 0 fully saturated rings. The molecule has 0 aromatic heterocycles. The maximum absolute atomic E-state index is 2.74. The van der Waals surface area contributed by atoms with Gasteiger partial charge >= 0.3 is 0 Å². The summed E-state index contributed by atoms with van der Waals surface area (Å²) in [6.07, 6.45) is 28.1. The minimum absolute atomic E-state index is 0.686. The summed E-state index contributed by atoms with van der Waals surface area (Å²) in [5, 5.41) is 5.83. The summed E-state index contributed by atoms with van der Waals surface area (Å²) in [5.74, 6) is 0. The molecule has 186 valence electrons. The Morgan fingerprint density at radius 1 is 0.438 bits per heavy atom. The number of hydrogen-bond acceptors (Lipinski definition) is 0. The van der Waals surface area contributed by atoms with Crippen molar-refractivity contribution >= 4 is 28.3 Å². The zero-order valence-corrected chi connectivity index (χ0v) is 25.8. The Morgan fingerprint density at radius 2 is 0.750 bits per heavy atom. The lowest BCUT2D eigenvalue weighted by molar-refractivity contribution is 0.610. The summed E-state index contributed by atoms with van der Waals surface area (Å²) in [4.78, 5) is 0. The fraction of sp³-hybridized carbons (Fsp3) is 0.867. The fourth-order valence-electron chi connectivity index (χ4n) is 5.28. The normalized spacial score (nSPS) is 12.4. The van der Waals surface area contributed by atoms with Gasteiger partial charge in [-0.3, -0.25) is 0 Å². The monoisotopic (exact) mass is 474 g/mol. The van der Waals surface area contributed by atoms with Gasteiger partial charge in [0, 0.05) is 0 Å². The van der Waals surface area contributed by atoms with E-state index in [1.54, 1.807) is 0 Å². The Hall–Kier alpha value is 0.545. The van der Waals surface area contributed by atoms with Gasteiger partial charge in [0.15, 0.2) is 0 Å². The molecule has 32 heavy (non-hydrogen) atoms. The standard InChI is InChI=1S/C22H40.4C2H5.2Al/c1-3-5-7-9-11-13-15-17-19-21-22-20-18-16-14-12-10-8-6-4-2;4*1-2;;/h17-18H,3-16,21-22H2,1-2H3;4*1H2,2H3;;. The van der Waals surface area contributed by atoms with E-state index in [2.05, 4.69) is 53.7 Å². The van der Waals surface area contributed by atoms with Gasteiger partial charge in [-0.1, -0.05) is 127 Å². The fourth-order valence-corrected chi connectivity index (χ4v) is 10.6. The first kappa shape index (κ1) is 32.5. The van der Waals surface area contributed by atoms with Crippen LogP contribution in [0.4, 0.5) is 0 Å². The Morgan fingerprint density at radius 3 is 1.06 bits per heavy atom. The molecule has 0 N–H and O–H groups in total. The zero-order valence-electron chi connectivity index (χ0n) is 23.5. The van der Waals surface area contributed by atoms with Crippen molar-refractivity contribution in [3.05, 3.63) is 21.0 Å². The predicted molar refractivity (Wildman–Crippen MR) is 155 cm³/mol. The van der Waals surface area contributed by atoms with Crippen LogP contribution < -0.4 is 0 Å². The van der Waals surface area contributed by atoms with Gasteiger partial charge in [0.05, 0.1) is 0 Å². The average molecular weight is 475 g/mol. The number of unbranched alkanes of at least 4 members (excludes halogenated alkanes) is 12. The molecule has 0 bridgehead atoms. The van der Waals surface area contributed by atoms with E-state index in [1.165, 1.54) is 124 Å². The van der Waals surface area contributed by atoms with Crippen molar-refractivity contribution < 1.29 is 0 Å². The highest BCUT2D eigenvalue weighted by Gasteiger charge is 2.21. The summed E-state index contributed by atoms with van der Waals surface area (Å²) in [6.45, 7) is 14.5. The van der Waals surface area contributed by atoms with Crippen molar-refractivity contribution in [3.63, 3.8) is 0 Å². The van der Waals surface area contributed by atoms with Gasteiger partial charge in [0.2, 0.25) is 0 Å². The lowest BCUT2D eigenvalue weighted by Crippen LogP contribution is -2.18. The molecule has 0 atom stereocenters. The molecule has 0 spiro atoms. The zero-order chi connectivity index (χ0) is 23.9. The van der Waals surface area contributed by atoms with Crippen LogP contribution in [0.25, 0.3) is 0 Å². The molecule has 0 aliphatic carbocycles. The van der Waals surface area contributed by atoms with E-state index >= 15 is 0 Å². The van der Waals surface area contributed by atoms with Crippen molar-refractivity contribution in [1.29, 1.82) is 0 Å². The Balaban J connectivity index is 4.83. The molecule has 0 aliphatic rings. The maximum Gasteiger partial charge on any atom is 0.298 e. The third-order valence-electron chi connectivity index (χ3n) is 7.65. The van der Waals surface area contributed by atoms with Crippen molar-refractivity contribution in [2.75, 3.05) is 0 Å². The lowest BCUT2D eigenvalue weighted by atomic mass is 10.1. The summed E-state index contributed by atoms with van der Waals surface area (Å²) < 4.78 is 3.88. The molecule has 0 nitrogen and oxygen atoms in total. The van der Waals surface area contributed by atoms with Crippen molar-refractivity contribution in [1.82, 2.24) is 0 Å². The van der Waals surface area contributed by atoms with Crippen LogP contribution in [0.15, 0.2) is 21.0 Å². The van der Waals surface area contributed by atoms with Gasteiger partial charge < -0.3 is 0 Å². The van der Waals surface area contributed by atoms with E-state index in [0.29, 0.717) is 0 Å². The molecule has 0 unspecified atom stereocenters. The molecule has 0 rings (SSSR count). The van der Waals surface area contributed by atoms with Gasteiger partial charge in [-0.05, 0) is 38.5 Å². The number of allylic oxidation sites excluding steroid dienone is 4. The molecule has 0 saturated carbocycles. The highest BCUT2D eigenvalue weighted by molar-refractivity contribution is 6.67. The summed E-state index contributed by atoms with van der Waals surface area (Å²) in [5.41, 5.74) is 0. The van der Waals surface area contributed by atoms with E-state index in [1.807, 2.05) is 8.87 Å². The molecule has 0 aromatic rings. The van der Waals surface area contributed by atoms with Crippen LogP contribution in [0.5, 0.6) is 0 Å². The molecule has 0 amide bonds. The number of rotatable bonds is 23. The summed E-state index contributed by atoms with van der Waals surface area (Å²) in [7, 11) is 0. The van der Waals surface area contributed by atoms with E-state index in [9.17, 15) is 0 Å². The predicted octanol–water partition coefficient (Wildman–Crippen LogP) is 11.3. The Bertz CT molecular complexity index is 402. The molecular formula is C30H60Al2. The van der Waals surface area contributed by atoms with Gasteiger partial charge in [-0.2, -0.15) is 0 Å². The quantitative estimate of drug-likeness (QED) is 0.102. The Kier molecular flexibility index (Phi) is 25.1. The highest BCUT2D eigenvalue weighted by atomic mass is 27.2. The molecule has 0 aromatic carbocycles. The molecular weight excluding hydrogens is 414 g/mol. The van der Waals surface area contributed by atoms with E-state index in [4.69, 9.17) is 0 Å². The van der Waals surface area contributed by atoms with Crippen molar-refractivity contribution in [2.45, 2.75) is 165 Å². The molecule has 0 saturated heterocycles. The first-order valence-electron chi connectivity index (χ1n) is 15.1. The van der Waals surface area contributed by atoms with E-state index in [-0.39, 0.29) is 0 Å². The van der Waals surface area contributed by atoms with Gasteiger partial charge in [0.25, 0.3) is 28.3 Å². The van der Waals surface area contributed by atoms with E-state index < -0.39 is 28.3 Å². The van der Waals surface area contributed by atoms with Crippen LogP contribution in [-0.4, -0.2) is 28.3 Å². The molecule has 0 aliphatic heterocycles. The minimum atomic E-state index is -0.686. The van der Waals surface area contributed by atoms with Crippen LogP contribution >= 0.6 is 0 Å². The Labute approximate surface area is 213 Å². The average Bonchev–Trinajstić information content (AvgIpc) is 2.81. The smallest absolute Gasteiger partial charge is 0.134 e. The second kappa shape index (κ2) is 24.7. The third kappa shape index (κ3) is 17.0. The van der Waals surface area contributed by atoms with Crippen molar-refractivity contribution in [2.24, 2.45) is 0 Å². The van der Waals surface area contributed by atoms with Crippen molar-refractivity contribution in [3.8, 4) is 0 Å². The minimum Gasteiger partial charge on any atom is -0.134 e. The van der Waals surface area contributed by atoms with Gasteiger partial charge in [-0.15, -0.1) is 21.0 Å². The highest BCUT2D eigenvalue weighted by Crippen LogP contribution is 2.24. The number of hydrogen-bond donors (Lipinski definition) is 0. The van der Waals surface area contributed by atoms with E-state index in [0.717, 1.165) is 0 Å². The largest absolute Gasteiger partial charge is 0.298 e. The van der Waals surface area contributed by atoms with Crippen LogP contribution in [0.2, 0.25) is 21.1 Å². The van der Waals surface area contributed by atoms with Crippen LogP contribution in [0.1, 0.15) is 144 Å². The van der Waals surface area contributed by atoms with Crippen LogP contribution in [0, 0.1) is 0 Å². The lowest BCUT2D eigenvalue weighted by Gasteiger charge is -2.18. The first-order chi connectivity index (χ1) is 15.7. The van der Waals surface area contributed by atoms with Crippen LogP contribution in [0.3, 0.4) is 0 Å². The SMILES string of the molecule is CCCCCCCC/C=[C](\CC/[C](=C\CCCCCCCC)[Al]([CH2]C)[CH2]C)[Al]([CH2]C)[CH2]C. The maximum atomic E-state index is 2.74. The van der Waals surface area contributed by atoms with Gasteiger partial charge in [0.1, 0.15) is 0 Å². The summed E-state index contributed by atoms with van der Waals surface area (Å²) >= 11 is -1.37. The second-order valence-electron chi connectivity index (χ2n) is 10.2. The molecule has 0 heterocycles.